The van der Waals surface area contributed by atoms with Gasteiger partial charge in [-0.1, -0.05) is 30.3 Å². The van der Waals surface area contributed by atoms with Gasteiger partial charge in [-0.3, -0.25) is 9.59 Å². The van der Waals surface area contributed by atoms with Gasteiger partial charge in [-0.2, -0.15) is 0 Å². The molecule has 2 atom stereocenters. The monoisotopic (exact) mass is 386 g/mol. The Kier molecular flexibility index (Phi) is 6.69. The van der Waals surface area contributed by atoms with Crippen LogP contribution in [0.3, 0.4) is 0 Å². The molecular formula is C19H22N4O3S. The van der Waals surface area contributed by atoms with Crippen molar-refractivity contribution in [1.29, 1.82) is 0 Å². The van der Waals surface area contributed by atoms with Crippen molar-refractivity contribution in [1.82, 2.24) is 16.2 Å². The van der Waals surface area contributed by atoms with Gasteiger partial charge in [-0.15, -0.1) is 11.8 Å². The molecule has 2 aromatic rings. The molecule has 2 unspecified atom stereocenters. The summed E-state index contributed by atoms with van der Waals surface area (Å²) in [5.74, 6) is 0.772. The number of amides is 2. The van der Waals surface area contributed by atoms with Gasteiger partial charge in [0.2, 0.25) is 11.8 Å². The molecule has 1 aliphatic rings. The minimum absolute atomic E-state index is 0.106. The number of benzene rings is 2. The normalized spacial score (nSPS) is 19.2. The number of hydrogen-bond acceptors (Lipinski definition) is 6. The van der Waals surface area contributed by atoms with Crippen LogP contribution in [0.2, 0.25) is 0 Å². The number of nitrogens with one attached hydrogen (secondary N) is 4. The number of methoxy groups -OCH3 is 1. The number of ether oxygens (including phenoxy) is 1. The molecule has 1 heterocycles. The van der Waals surface area contributed by atoms with Gasteiger partial charge in [0.05, 0.1) is 12.9 Å². The highest BCUT2D eigenvalue weighted by Crippen LogP contribution is 2.15. The van der Waals surface area contributed by atoms with Gasteiger partial charge in [0.15, 0.2) is 0 Å². The molecule has 0 radical (unpaired) electrons. The van der Waals surface area contributed by atoms with Gasteiger partial charge in [0.1, 0.15) is 17.3 Å². The maximum atomic E-state index is 12.3. The lowest BCUT2D eigenvalue weighted by atomic mass is 10.1. The first kappa shape index (κ1) is 19.2. The maximum Gasteiger partial charge on any atom is 0.240 e. The van der Waals surface area contributed by atoms with Crippen molar-refractivity contribution >= 4 is 29.3 Å². The predicted molar refractivity (Wildman–Crippen MR) is 106 cm³/mol. The van der Waals surface area contributed by atoms with E-state index in [0.29, 0.717) is 6.42 Å². The molecule has 0 aromatic heterocycles. The third kappa shape index (κ3) is 5.72. The van der Waals surface area contributed by atoms with Crippen molar-refractivity contribution in [2.45, 2.75) is 18.0 Å². The van der Waals surface area contributed by atoms with Crippen LogP contribution < -0.4 is 26.2 Å². The summed E-state index contributed by atoms with van der Waals surface area (Å²) < 4.78 is 5.14. The SMILES string of the molecule is COc1ccc(CC2NNC(SCC(=O)Nc3ccccc3)NC2=O)cc1. The van der Waals surface area contributed by atoms with Crippen LogP contribution in [0, 0.1) is 0 Å². The quantitative estimate of drug-likeness (QED) is 0.576. The number of hydrazine groups is 1. The van der Waals surface area contributed by atoms with Crippen LogP contribution in [-0.2, 0) is 16.0 Å². The van der Waals surface area contributed by atoms with E-state index in [2.05, 4.69) is 21.5 Å². The Balaban J connectivity index is 1.42. The average molecular weight is 386 g/mol. The first-order valence-corrected chi connectivity index (χ1v) is 9.60. The second kappa shape index (κ2) is 9.40. The lowest BCUT2D eigenvalue weighted by Crippen LogP contribution is -2.64. The summed E-state index contributed by atoms with van der Waals surface area (Å²) in [4.78, 5) is 24.3. The number of carbonyl (C=O) groups excluding carboxylic acids is 2. The van der Waals surface area contributed by atoms with Gasteiger partial charge in [0.25, 0.3) is 0 Å². The molecule has 1 fully saturated rings. The summed E-state index contributed by atoms with van der Waals surface area (Å²) in [7, 11) is 1.62. The molecule has 0 saturated carbocycles. The van der Waals surface area contributed by atoms with Crippen LogP contribution >= 0.6 is 11.8 Å². The summed E-state index contributed by atoms with van der Waals surface area (Å²) >= 11 is 1.31. The van der Waals surface area contributed by atoms with E-state index in [1.807, 2.05) is 54.6 Å². The molecule has 2 aromatic carbocycles. The van der Waals surface area contributed by atoms with E-state index < -0.39 is 0 Å². The summed E-state index contributed by atoms with van der Waals surface area (Å²) in [6, 6.07) is 16.5. The largest absolute Gasteiger partial charge is 0.497 e. The summed E-state index contributed by atoms with van der Waals surface area (Å²) in [5, 5.41) is 5.69. The van der Waals surface area contributed by atoms with E-state index in [4.69, 9.17) is 4.74 Å². The van der Waals surface area contributed by atoms with E-state index in [-0.39, 0.29) is 29.1 Å². The average Bonchev–Trinajstić information content (AvgIpc) is 2.69. The zero-order chi connectivity index (χ0) is 19.1. The van der Waals surface area contributed by atoms with Gasteiger partial charge in [-0.25, -0.2) is 10.9 Å². The van der Waals surface area contributed by atoms with Gasteiger partial charge in [-0.05, 0) is 36.2 Å². The summed E-state index contributed by atoms with van der Waals surface area (Å²) in [6.45, 7) is 0. The van der Waals surface area contributed by atoms with Gasteiger partial charge in [0, 0.05) is 5.69 Å². The van der Waals surface area contributed by atoms with Crippen molar-refractivity contribution in [2.75, 3.05) is 18.2 Å². The van der Waals surface area contributed by atoms with Crippen LogP contribution in [0.25, 0.3) is 0 Å². The second-order valence-electron chi connectivity index (χ2n) is 6.01. The molecule has 142 valence electrons. The molecule has 7 nitrogen and oxygen atoms in total. The molecule has 0 bridgehead atoms. The lowest BCUT2D eigenvalue weighted by Gasteiger charge is -2.31. The minimum Gasteiger partial charge on any atom is -0.497 e. The first-order valence-electron chi connectivity index (χ1n) is 8.55. The van der Waals surface area contributed by atoms with E-state index in [1.165, 1.54) is 11.8 Å². The Bertz CT molecular complexity index is 770. The molecule has 0 aliphatic carbocycles. The fourth-order valence-corrected chi connectivity index (χ4v) is 3.35. The topological polar surface area (TPSA) is 91.5 Å². The van der Waals surface area contributed by atoms with Crippen molar-refractivity contribution in [3.8, 4) is 5.75 Å². The van der Waals surface area contributed by atoms with E-state index in [1.54, 1.807) is 7.11 Å². The Hall–Kier alpha value is -2.55. The lowest BCUT2D eigenvalue weighted by molar-refractivity contribution is -0.125. The zero-order valence-corrected chi connectivity index (χ0v) is 15.7. The predicted octanol–water partition coefficient (Wildman–Crippen LogP) is 1.49. The third-order valence-corrected chi connectivity index (χ3v) is 5.01. The Morgan fingerprint density at radius 2 is 1.85 bits per heavy atom. The molecule has 1 saturated heterocycles. The molecule has 8 heteroatoms. The number of para-hydroxylation sites is 1. The van der Waals surface area contributed by atoms with Crippen molar-refractivity contribution in [2.24, 2.45) is 0 Å². The van der Waals surface area contributed by atoms with Gasteiger partial charge >= 0.3 is 0 Å². The fraction of sp³-hybridized carbons (Fsp3) is 0.263. The molecule has 3 rings (SSSR count). The smallest absolute Gasteiger partial charge is 0.240 e. The molecule has 1 aliphatic heterocycles. The standard InChI is InChI=1S/C19H22N4O3S/c1-26-15-9-7-13(8-10-15)11-16-18(25)21-19(23-22-16)27-12-17(24)20-14-5-3-2-4-6-14/h2-10,16,19,22-23H,11-12H2,1H3,(H,20,24)(H,21,25). The Morgan fingerprint density at radius 1 is 1.11 bits per heavy atom. The fourth-order valence-electron chi connectivity index (χ4n) is 2.61. The maximum absolute atomic E-state index is 12.3. The van der Waals surface area contributed by atoms with Crippen LogP contribution in [0.5, 0.6) is 5.75 Å². The minimum atomic E-state index is -0.381. The van der Waals surface area contributed by atoms with Gasteiger partial charge < -0.3 is 15.4 Å². The number of hydrogen-bond donors (Lipinski definition) is 4. The van der Waals surface area contributed by atoms with E-state index in [9.17, 15) is 9.59 Å². The molecule has 4 N–H and O–H groups in total. The van der Waals surface area contributed by atoms with Crippen LogP contribution in [0.4, 0.5) is 5.69 Å². The Morgan fingerprint density at radius 3 is 2.52 bits per heavy atom. The number of anilines is 1. The van der Waals surface area contributed by atoms with Crippen molar-refractivity contribution in [3.05, 3.63) is 60.2 Å². The van der Waals surface area contributed by atoms with E-state index in [0.717, 1.165) is 17.0 Å². The highest BCUT2D eigenvalue weighted by molar-refractivity contribution is 8.00. The summed E-state index contributed by atoms with van der Waals surface area (Å²) in [6.07, 6.45) is 0.550. The van der Waals surface area contributed by atoms with Crippen molar-refractivity contribution < 1.29 is 14.3 Å². The third-order valence-electron chi connectivity index (χ3n) is 4.02. The van der Waals surface area contributed by atoms with Crippen LogP contribution in [0.15, 0.2) is 54.6 Å². The second-order valence-corrected chi connectivity index (χ2v) is 7.10. The highest BCUT2D eigenvalue weighted by atomic mass is 32.2. The molecule has 0 spiro atoms. The molecule has 2 amide bonds. The zero-order valence-electron chi connectivity index (χ0n) is 14.9. The van der Waals surface area contributed by atoms with Crippen molar-refractivity contribution in [3.63, 3.8) is 0 Å². The first-order chi connectivity index (χ1) is 13.1. The Labute approximate surface area is 162 Å². The number of carbonyl (C=O) groups is 2. The van der Waals surface area contributed by atoms with E-state index >= 15 is 0 Å². The number of thioether (sulfide) groups is 1. The van der Waals surface area contributed by atoms with Crippen LogP contribution in [0.1, 0.15) is 5.56 Å². The number of rotatable bonds is 7. The van der Waals surface area contributed by atoms with Crippen LogP contribution in [-0.4, -0.2) is 36.2 Å². The highest BCUT2D eigenvalue weighted by Gasteiger charge is 2.27. The molecular weight excluding hydrogens is 364 g/mol. The molecule has 27 heavy (non-hydrogen) atoms. The summed E-state index contributed by atoms with van der Waals surface area (Å²) in [5.41, 5.74) is 7.47.